The van der Waals surface area contributed by atoms with Gasteiger partial charge < -0.3 is 14.6 Å². The quantitative estimate of drug-likeness (QED) is 0.910. The summed E-state index contributed by atoms with van der Waals surface area (Å²) in [4.78, 5) is 0. The van der Waals surface area contributed by atoms with E-state index in [9.17, 15) is 9.50 Å². The van der Waals surface area contributed by atoms with Crippen molar-refractivity contribution in [2.75, 3.05) is 19.8 Å². The normalized spacial score (nSPS) is 26.7. The number of halogens is 1. The van der Waals surface area contributed by atoms with Crippen LogP contribution in [-0.4, -0.2) is 30.5 Å². The molecular weight excluding hydrogens is 271 g/mol. The Kier molecular flexibility index (Phi) is 4.29. The molecule has 0 saturated carbocycles. The zero-order valence-electron chi connectivity index (χ0n) is 12.5. The average Bonchev–Trinajstić information content (AvgIpc) is 2.50. The van der Waals surface area contributed by atoms with Crippen molar-refractivity contribution in [3.8, 4) is 0 Å². The van der Waals surface area contributed by atoms with Gasteiger partial charge in [0.25, 0.3) is 0 Å². The van der Waals surface area contributed by atoms with Gasteiger partial charge in [-0.15, -0.1) is 0 Å². The number of aliphatic hydroxyl groups excluding tert-OH is 1. The fourth-order valence-electron chi connectivity index (χ4n) is 3.57. The summed E-state index contributed by atoms with van der Waals surface area (Å²) < 4.78 is 25.4. The monoisotopic (exact) mass is 294 g/mol. The van der Waals surface area contributed by atoms with Crippen molar-refractivity contribution >= 4 is 0 Å². The Morgan fingerprint density at radius 2 is 2.05 bits per heavy atom. The minimum atomic E-state index is -0.756. The smallest absolute Gasteiger partial charge is 0.129 e. The summed E-state index contributed by atoms with van der Waals surface area (Å²) in [5, 5.41) is 10.6. The minimum Gasteiger partial charge on any atom is -0.388 e. The number of hydrogen-bond donors (Lipinski definition) is 1. The van der Waals surface area contributed by atoms with Gasteiger partial charge in [0.2, 0.25) is 0 Å². The van der Waals surface area contributed by atoms with Gasteiger partial charge in [-0.3, -0.25) is 0 Å². The first-order valence-electron chi connectivity index (χ1n) is 7.75. The van der Waals surface area contributed by atoms with E-state index in [1.54, 1.807) is 12.1 Å². The zero-order chi connectivity index (χ0) is 14.9. The van der Waals surface area contributed by atoms with Crippen LogP contribution in [-0.2, 0) is 9.47 Å². The number of aliphatic hydroxyl groups is 1. The maximum Gasteiger partial charge on any atom is 0.129 e. The Morgan fingerprint density at radius 3 is 2.81 bits per heavy atom. The fraction of sp³-hybridized carbons (Fsp3) is 0.647. The molecule has 0 aromatic heterocycles. The van der Waals surface area contributed by atoms with Gasteiger partial charge in [-0.2, -0.15) is 0 Å². The van der Waals surface area contributed by atoms with Crippen LogP contribution in [0.5, 0.6) is 0 Å². The van der Waals surface area contributed by atoms with E-state index >= 15 is 0 Å². The van der Waals surface area contributed by atoms with E-state index < -0.39 is 6.10 Å². The molecule has 116 valence electrons. The molecule has 0 aliphatic carbocycles. The summed E-state index contributed by atoms with van der Waals surface area (Å²) in [7, 11) is 0. The Hall–Kier alpha value is -0.970. The molecule has 2 heterocycles. The number of aryl methyl sites for hydroxylation is 1. The molecule has 0 radical (unpaired) electrons. The molecule has 21 heavy (non-hydrogen) atoms. The highest BCUT2D eigenvalue weighted by Gasteiger charge is 2.41. The highest BCUT2D eigenvalue weighted by Crippen LogP contribution is 2.42. The SMILES string of the molecule is Cc1ccc(F)c(C(O)C2CCOC3(CCOCC3)C2)c1. The van der Waals surface area contributed by atoms with Gasteiger partial charge in [-0.05, 0) is 44.6 Å². The summed E-state index contributed by atoms with van der Waals surface area (Å²) in [5.41, 5.74) is 1.21. The van der Waals surface area contributed by atoms with Crippen molar-refractivity contribution in [2.24, 2.45) is 5.92 Å². The van der Waals surface area contributed by atoms with E-state index in [1.165, 1.54) is 6.07 Å². The fourth-order valence-corrected chi connectivity index (χ4v) is 3.57. The van der Waals surface area contributed by atoms with Gasteiger partial charge in [0.1, 0.15) is 5.82 Å². The van der Waals surface area contributed by atoms with Crippen LogP contribution in [0.2, 0.25) is 0 Å². The second-order valence-electron chi connectivity index (χ2n) is 6.37. The lowest BCUT2D eigenvalue weighted by molar-refractivity contribution is -0.159. The Labute approximate surface area is 125 Å². The predicted octanol–water partition coefficient (Wildman–Crippen LogP) is 3.14. The largest absolute Gasteiger partial charge is 0.388 e. The summed E-state index contributed by atoms with van der Waals surface area (Å²) in [6.45, 7) is 3.97. The zero-order valence-corrected chi connectivity index (χ0v) is 12.5. The molecule has 2 saturated heterocycles. The van der Waals surface area contributed by atoms with E-state index in [2.05, 4.69) is 0 Å². The standard InChI is InChI=1S/C17H23FO3/c1-12-2-3-15(18)14(10-12)16(19)13-4-7-21-17(11-13)5-8-20-9-6-17/h2-3,10,13,16,19H,4-9,11H2,1H3. The molecule has 1 aromatic rings. The summed E-state index contributed by atoms with van der Waals surface area (Å²) in [6, 6.07) is 4.93. The van der Waals surface area contributed by atoms with E-state index in [-0.39, 0.29) is 17.3 Å². The molecule has 0 amide bonds. The molecule has 3 nitrogen and oxygen atoms in total. The van der Waals surface area contributed by atoms with Crippen LogP contribution in [0.25, 0.3) is 0 Å². The molecule has 0 bridgehead atoms. The van der Waals surface area contributed by atoms with Gasteiger partial charge in [0, 0.05) is 25.4 Å². The molecule has 2 aliphatic heterocycles. The van der Waals surface area contributed by atoms with Crippen molar-refractivity contribution < 1.29 is 19.0 Å². The van der Waals surface area contributed by atoms with Crippen LogP contribution in [0, 0.1) is 18.7 Å². The Balaban J connectivity index is 1.77. The lowest BCUT2D eigenvalue weighted by Crippen LogP contribution is -2.45. The van der Waals surface area contributed by atoms with Gasteiger partial charge in [0.15, 0.2) is 0 Å². The Bertz CT molecular complexity index is 491. The van der Waals surface area contributed by atoms with Crippen LogP contribution in [0.4, 0.5) is 4.39 Å². The van der Waals surface area contributed by atoms with Crippen molar-refractivity contribution in [1.82, 2.24) is 0 Å². The second-order valence-corrected chi connectivity index (χ2v) is 6.37. The summed E-state index contributed by atoms with van der Waals surface area (Å²) in [6.07, 6.45) is 2.54. The molecule has 2 unspecified atom stereocenters. The maximum absolute atomic E-state index is 14.0. The predicted molar refractivity (Wildman–Crippen MR) is 77.6 cm³/mol. The van der Waals surface area contributed by atoms with Crippen LogP contribution in [0.3, 0.4) is 0 Å². The lowest BCUT2D eigenvalue weighted by Gasteiger charge is -2.44. The number of hydrogen-bond acceptors (Lipinski definition) is 3. The number of ether oxygens (including phenoxy) is 2. The van der Waals surface area contributed by atoms with Crippen LogP contribution in [0.1, 0.15) is 42.9 Å². The molecule has 1 spiro atoms. The topological polar surface area (TPSA) is 38.7 Å². The second kappa shape index (κ2) is 6.03. The van der Waals surface area contributed by atoms with E-state index in [4.69, 9.17) is 9.47 Å². The molecule has 2 aliphatic rings. The summed E-state index contributed by atoms with van der Waals surface area (Å²) >= 11 is 0. The summed E-state index contributed by atoms with van der Waals surface area (Å²) in [5.74, 6) is -0.270. The average molecular weight is 294 g/mol. The molecule has 2 atom stereocenters. The first-order valence-corrected chi connectivity index (χ1v) is 7.75. The highest BCUT2D eigenvalue weighted by atomic mass is 19.1. The third kappa shape index (κ3) is 3.12. The van der Waals surface area contributed by atoms with Crippen LogP contribution in [0.15, 0.2) is 18.2 Å². The van der Waals surface area contributed by atoms with Crippen molar-refractivity contribution in [3.63, 3.8) is 0 Å². The maximum atomic E-state index is 14.0. The highest BCUT2D eigenvalue weighted by molar-refractivity contribution is 5.26. The lowest BCUT2D eigenvalue weighted by atomic mass is 9.77. The third-order valence-corrected chi connectivity index (χ3v) is 4.85. The van der Waals surface area contributed by atoms with Crippen LogP contribution >= 0.6 is 0 Å². The van der Waals surface area contributed by atoms with Crippen molar-refractivity contribution in [3.05, 3.63) is 35.1 Å². The molecule has 1 N–H and O–H groups in total. The molecule has 1 aromatic carbocycles. The molecule has 2 fully saturated rings. The first kappa shape index (κ1) is 14.9. The Morgan fingerprint density at radius 1 is 1.29 bits per heavy atom. The minimum absolute atomic E-state index is 0.0492. The van der Waals surface area contributed by atoms with Gasteiger partial charge in [-0.1, -0.05) is 17.7 Å². The van der Waals surface area contributed by atoms with E-state index in [1.807, 2.05) is 6.92 Å². The molecular formula is C17H23FO3. The number of benzene rings is 1. The molecule has 4 heteroatoms. The van der Waals surface area contributed by atoms with E-state index in [0.29, 0.717) is 25.4 Å². The number of rotatable bonds is 2. The van der Waals surface area contributed by atoms with Gasteiger partial charge in [-0.25, -0.2) is 4.39 Å². The van der Waals surface area contributed by atoms with Gasteiger partial charge in [0.05, 0.1) is 11.7 Å². The first-order chi connectivity index (χ1) is 10.1. The van der Waals surface area contributed by atoms with Crippen molar-refractivity contribution in [2.45, 2.75) is 44.3 Å². The van der Waals surface area contributed by atoms with Crippen LogP contribution < -0.4 is 0 Å². The third-order valence-electron chi connectivity index (χ3n) is 4.85. The van der Waals surface area contributed by atoms with E-state index in [0.717, 1.165) is 31.2 Å². The molecule has 3 rings (SSSR count). The van der Waals surface area contributed by atoms with Gasteiger partial charge >= 0.3 is 0 Å². The van der Waals surface area contributed by atoms with Crippen molar-refractivity contribution in [1.29, 1.82) is 0 Å².